The van der Waals surface area contributed by atoms with Gasteiger partial charge in [-0.05, 0) is 25.7 Å². The Hall–Kier alpha value is -1.77. The second kappa shape index (κ2) is 30.1. The van der Waals surface area contributed by atoms with Crippen molar-refractivity contribution in [3.05, 3.63) is 12.2 Å². The van der Waals surface area contributed by atoms with E-state index >= 15 is 0 Å². The van der Waals surface area contributed by atoms with Gasteiger partial charge in [0.15, 0.2) is 6.10 Å². The molecule has 0 aliphatic heterocycles. The number of aliphatic hydroxyl groups excluding tert-OH is 3. The molecular formula is C40H72O8. The maximum Gasteiger partial charge on any atom is 0.306 e. The van der Waals surface area contributed by atoms with Crippen LogP contribution < -0.4 is 0 Å². The van der Waals surface area contributed by atoms with Crippen molar-refractivity contribution < 1.29 is 39.2 Å². The van der Waals surface area contributed by atoms with E-state index in [9.17, 15) is 29.7 Å². The molecule has 1 rings (SSSR count). The molecule has 1 aliphatic rings. The maximum atomic E-state index is 12.5. The minimum absolute atomic E-state index is 0.0801. The first-order valence-corrected chi connectivity index (χ1v) is 19.8. The summed E-state index contributed by atoms with van der Waals surface area (Å²) >= 11 is 0. The van der Waals surface area contributed by atoms with E-state index in [2.05, 4.69) is 13.8 Å². The summed E-state index contributed by atoms with van der Waals surface area (Å²) in [6.07, 6.45) is 27.4. The third-order valence-electron chi connectivity index (χ3n) is 9.70. The van der Waals surface area contributed by atoms with Crippen LogP contribution in [-0.4, -0.2) is 64.6 Å². The quantitative estimate of drug-likeness (QED) is 0.0365. The molecule has 48 heavy (non-hydrogen) atoms. The zero-order valence-electron chi connectivity index (χ0n) is 30.7. The summed E-state index contributed by atoms with van der Waals surface area (Å²) in [6.45, 7) is 3.84. The van der Waals surface area contributed by atoms with Gasteiger partial charge in [-0.1, -0.05) is 148 Å². The highest BCUT2D eigenvalue weighted by Gasteiger charge is 2.39. The smallest absolute Gasteiger partial charge is 0.306 e. The van der Waals surface area contributed by atoms with Gasteiger partial charge in [0, 0.05) is 31.1 Å². The van der Waals surface area contributed by atoms with Crippen LogP contribution in [0.15, 0.2) is 12.2 Å². The van der Waals surface area contributed by atoms with Crippen LogP contribution in [-0.2, 0) is 23.9 Å². The Labute approximate surface area is 292 Å². The Bertz CT molecular complexity index is 843. The van der Waals surface area contributed by atoms with Crippen molar-refractivity contribution in [1.29, 1.82) is 0 Å². The fourth-order valence-electron chi connectivity index (χ4n) is 6.63. The number of esters is 2. The van der Waals surface area contributed by atoms with E-state index in [4.69, 9.17) is 9.47 Å². The summed E-state index contributed by atoms with van der Waals surface area (Å²) in [6, 6.07) is 0. The predicted octanol–water partition coefficient (Wildman–Crippen LogP) is 8.71. The van der Waals surface area contributed by atoms with E-state index in [0.717, 1.165) is 57.8 Å². The molecule has 1 fully saturated rings. The van der Waals surface area contributed by atoms with Crippen LogP contribution in [0.1, 0.15) is 181 Å². The van der Waals surface area contributed by atoms with Gasteiger partial charge < -0.3 is 24.8 Å². The Morgan fingerprint density at radius 2 is 1.25 bits per heavy atom. The number of unbranched alkanes of at least 4 members (excludes halogenated alkanes) is 18. The molecule has 280 valence electrons. The molecule has 0 aromatic rings. The zero-order valence-corrected chi connectivity index (χ0v) is 30.7. The largest absolute Gasteiger partial charge is 0.462 e. The molecule has 3 N–H and O–H groups in total. The van der Waals surface area contributed by atoms with Crippen molar-refractivity contribution in [2.45, 2.75) is 199 Å². The second-order valence-corrected chi connectivity index (χ2v) is 14.1. The van der Waals surface area contributed by atoms with Crippen molar-refractivity contribution in [1.82, 2.24) is 0 Å². The fourth-order valence-corrected chi connectivity index (χ4v) is 6.63. The van der Waals surface area contributed by atoms with Gasteiger partial charge in [0.2, 0.25) is 0 Å². The lowest BCUT2D eigenvalue weighted by atomic mass is 9.88. The molecule has 1 aliphatic carbocycles. The Kier molecular flexibility index (Phi) is 27.7. The first-order valence-electron chi connectivity index (χ1n) is 19.8. The van der Waals surface area contributed by atoms with Crippen molar-refractivity contribution in [2.24, 2.45) is 11.8 Å². The van der Waals surface area contributed by atoms with Gasteiger partial charge in [-0.15, -0.1) is 0 Å². The van der Waals surface area contributed by atoms with Crippen LogP contribution in [0.3, 0.4) is 0 Å². The monoisotopic (exact) mass is 681 g/mol. The molecule has 0 saturated heterocycles. The highest BCUT2D eigenvalue weighted by Crippen LogP contribution is 2.34. The summed E-state index contributed by atoms with van der Waals surface area (Å²) in [5.41, 5.74) is 0. The Balaban J connectivity index is 2.09. The third kappa shape index (κ3) is 22.8. The molecule has 0 aromatic carbocycles. The molecular weight excluding hydrogens is 608 g/mol. The van der Waals surface area contributed by atoms with Crippen LogP contribution in [0.5, 0.6) is 0 Å². The van der Waals surface area contributed by atoms with Gasteiger partial charge in [-0.2, -0.15) is 0 Å². The Morgan fingerprint density at radius 1 is 0.750 bits per heavy atom. The zero-order chi connectivity index (χ0) is 35.2. The lowest BCUT2D eigenvalue weighted by Crippen LogP contribution is -2.28. The maximum absolute atomic E-state index is 12.5. The van der Waals surface area contributed by atoms with Gasteiger partial charge in [0.05, 0.1) is 18.8 Å². The van der Waals surface area contributed by atoms with Gasteiger partial charge in [0.1, 0.15) is 12.4 Å². The number of Topliss-reactive ketones (excluding diaryl/α,β-unsaturated/α-hetero) is 1. The molecule has 1 saturated carbocycles. The van der Waals surface area contributed by atoms with E-state index in [-0.39, 0.29) is 43.0 Å². The Morgan fingerprint density at radius 3 is 1.81 bits per heavy atom. The van der Waals surface area contributed by atoms with Gasteiger partial charge in [0.25, 0.3) is 0 Å². The number of ketones is 1. The standard InChI is InChI=1S/C40H72O8/c1-3-5-7-8-9-10-11-12-13-14-15-16-17-22-26-39(45)47-32-34(31-41)48-40(46)27-23-19-18-21-25-35-36(38(44)30-37(35)43)29-28-33(42)24-20-6-4-2/h28-29,33-36,38,41-42,44H,3-27,30-32H2,1-2H3/b29-28+/t33-,34-,35+,36+,38+/m0/s1. The molecule has 0 bridgehead atoms. The van der Waals surface area contributed by atoms with Crippen molar-refractivity contribution in [2.75, 3.05) is 13.2 Å². The molecule has 0 aromatic heterocycles. The summed E-state index contributed by atoms with van der Waals surface area (Å²) in [7, 11) is 0. The van der Waals surface area contributed by atoms with Crippen LogP contribution in [0.2, 0.25) is 0 Å². The highest BCUT2D eigenvalue weighted by atomic mass is 16.6. The number of ether oxygens (including phenoxy) is 2. The van der Waals surface area contributed by atoms with Crippen LogP contribution in [0, 0.1) is 11.8 Å². The molecule has 0 amide bonds. The molecule has 8 heteroatoms. The lowest BCUT2D eigenvalue weighted by Gasteiger charge is -2.18. The van der Waals surface area contributed by atoms with Gasteiger partial charge in [-0.3, -0.25) is 14.4 Å². The number of hydrogen-bond donors (Lipinski definition) is 3. The SMILES string of the molecule is CCCCCCCCCCCCCCCCC(=O)OC[C@H](CO)OC(=O)CCCCCC[C@H]1C(=O)C[C@@H](O)[C@@H]1/C=C/[C@@H](O)CCCCC. The van der Waals surface area contributed by atoms with Crippen LogP contribution >= 0.6 is 0 Å². The molecule has 8 nitrogen and oxygen atoms in total. The van der Waals surface area contributed by atoms with Crippen molar-refractivity contribution in [3.63, 3.8) is 0 Å². The first kappa shape index (κ1) is 44.3. The molecule has 0 unspecified atom stereocenters. The average molecular weight is 681 g/mol. The van der Waals surface area contributed by atoms with Gasteiger partial charge in [-0.25, -0.2) is 0 Å². The minimum atomic E-state index is -0.854. The van der Waals surface area contributed by atoms with E-state index in [0.29, 0.717) is 25.7 Å². The summed E-state index contributed by atoms with van der Waals surface area (Å²) in [5, 5.41) is 30.2. The first-order chi connectivity index (χ1) is 23.3. The minimum Gasteiger partial charge on any atom is -0.462 e. The third-order valence-corrected chi connectivity index (χ3v) is 9.70. The number of carbonyl (C=O) groups is 3. The normalized spacial score (nSPS) is 19.2. The average Bonchev–Trinajstić information content (AvgIpc) is 3.34. The molecule has 0 radical (unpaired) electrons. The van der Waals surface area contributed by atoms with Crippen LogP contribution in [0.25, 0.3) is 0 Å². The van der Waals surface area contributed by atoms with Gasteiger partial charge >= 0.3 is 11.9 Å². The molecule has 0 heterocycles. The summed E-state index contributed by atoms with van der Waals surface area (Å²) in [5.74, 6) is -1.15. The van der Waals surface area contributed by atoms with E-state index < -0.39 is 30.9 Å². The van der Waals surface area contributed by atoms with E-state index in [1.807, 2.05) is 6.08 Å². The van der Waals surface area contributed by atoms with Crippen LogP contribution in [0.4, 0.5) is 0 Å². The highest BCUT2D eigenvalue weighted by molar-refractivity contribution is 5.84. The molecule has 5 atom stereocenters. The van der Waals surface area contributed by atoms with Crippen molar-refractivity contribution >= 4 is 17.7 Å². The fraction of sp³-hybridized carbons (Fsp3) is 0.875. The van der Waals surface area contributed by atoms with E-state index in [1.54, 1.807) is 6.08 Å². The second-order valence-electron chi connectivity index (χ2n) is 14.1. The summed E-state index contributed by atoms with van der Waals surface area (Å²) < 4.78 is 10.6. The number of rotatable bonds is 32. The number of aliphatic hydroxyl groups is 3. The van der Waals surface area contributed by atoms with E-state index in [1.165, 1.54) is 70.6 Å². The number of carbonyl (C=O) groups excluding carboxylic acids is 3. The molecule has 0 spiro atoms. The van der Waals surface area contributed by atoms with Crippen molar-refractivity contribution in [3.8, 4) is 0 Å². The topological polar surface area (TPSA) is 130 Å². The summed E-state index contributed by atoms with van der Waals surface area (Å²) in [4.78, 5) is 36.9. The lowest BCUT2D eigenvalue weighted by molar-refractivity contribution is -0.161. The predicted molar refractivity (Wildman–Crippen MR) is 192 cm³/mol. The number of hydrogen-bond acceptors (Lipinski definition) is 8.